The molecular weight excluding hydrogens is 239 g/mol. The number of hydrogen-bond donors (Lipinski definition) is 1. The molecule has 0 aliphatic carbocycles. The maximum absolute atomic E-state index is 12.4. The van der Waals surface area contributed by atoms with Crippen LogP contribution in [0.4, 0.5) is 13.2 Å². The molecule has 1 aromatic carbocycles. The fourth-order valence-electron chi connectivity index (χ4n) is 1.20. The van der Waals surface area contributed by atoms with Gasteiger partial charge in [0.1, 0.15) is 0 Å². The number of nitrogens with one attached hydrogen (secondary N) is 1. The van der Waals surface area contributed by atoms with Crippen LogP contribution in [0, 0.1) is 0 Å². The standard InChI is InChI=1S/C11H13ClF3N/c1-8(6-12)16-7-9-3-2-4-10(5-9)11(13,14)15/h2-5,8,16H,6-7H2,1H3. The molecule has 0 saturated carbocycles. The topological polar surface area (TPSA) is 12.0 Å². The second-order valence-corrected chi connectivity index (χ2v) is 3.94. The number of alkyl halides is 4. The smallest absolute Gasteiger partial charge is 0.309 e. The molecule has 1 N–H and O–H groups in total. The number of rotatable bonds is 4. The molecule has 0 radical (unpaired) electrons. The molecule has 0 bridgehead atoms. The zero-order chi connectivity index (χ0) is 12.2. The summed E-state index contributed by atoms with van der Waals surface area (Å²) < 4.78 is 37.2. The number of hydrogen-bond acceptors (Lipinski definition) is 1. The largest absolute Gasteiger partial charge is 0.416 e. The summed E-state index contributed by atoms with van der Waals surface area (Å²) >= 11 is 5.58. The summed E-state index contributed by atoms with van der Waals surface area (Å²) in [6, 6.07) is 5.35. The summed E-state index contributed by atoms with van der Waals surface area (Å²) in [4.78, 5) is 0. The van der Waals surface area contributed by atoms with Gasteiger partial charge in [0.05, 0.1) is 5.56 Å². The predicted molar refractivity (Wildman–Crippen MR) is 58.5 cm³/mol. The molecule has 0 heterocycles. The van der Waals surface area contributed by atoms with Gasteiger partial charge < -0.3 is 5.32 Å². The van der Waals surface area contributed by atoms with Crippen LogP contribution < -0.4 is 5.32 Å². The van der Waals surface area contributed by atoms with Gasteiger partial charge in [-0.25, -0.2) is 0 Å². The molecule has 0 fully saturated rings. The van der Waals surface area contributed by atoms with E-state index in [1.807, 2.05) is 6.92 Å². The maximum Gasteiger partial charge on any atom is 0.416 e. The average Bonchev–Trinajstić information content (AvgIpc) is 2.25. The van der Waals surface area contributed by atoms with Crippen molar-refractivity contribution in [2.24, 2.45) is 0 Å². The lowest BCUT2D eigenvalue weighted by molar-refractivity contribution is -0.137. The fraction of sp³-hybridized carbons (Fsp3) is 0.455. The first kappa shape index (κ1) is 13.3. The second-order valence-electron chi connectivity index (χ2n) is 3.63. The molecule has 0 aromatic heterocycles. The summed E-state index contributed by atoms with van der Waals surface area (Å²) in [7, 11) is 0. The molecule has 5 heteroatoms. The van der Waals surface area contributed by atoms with E-state index in [1.165, 1.54) is 6.07 Å². The third-order valence-corrected chi connectivity index (χ3v) is 2.60. The van der Waals surface area contributed by atoms with E-state index in [2.05, 4.69) is 5.32 Å². The van der Waals surface area contributed by atoms with Gasteiger partial charge >= 0.3 is 6.18 Å². The Morgan fingerprint density at radius 3 is 2.62 bits per heavy atom. The predicted octanol–water partition coefficient (Wildman–Crippen LogP) is 3.42. The minimum atomic E-state index is -4.28. The lowest BCUT2D eigenvalue weighted by Gasteiger charge is -2.12. The maximum atomic E-state index is 12.4. The highest BCUT2D eigenvalue weighted by molar-refractivity contribution is 6.18. The van der Waals surface area contributed by atoms with Crippen LogP contribution in [0.2, 0.25) is 0 Å². The average molecular weight is 252 g/mol. The van der Waals surface area contributed by atoms with Gasteiger partial charge in [-0.15, -0.1) is 11.6 Å². The van der Waals surface area contributed by atoms with Gasteiger partial charge in [-0.2, -0.15) is 13.2 Å². The zero-order valence-electron chi connectivity index (χ0n) is 8.81. The Kier molecular flexibility index (Phi) is 4.62. The van der Waals surface area contributed by atoms with Crippen LogP contribution in [0.1, 0.15) is 18.1 Å². The van der Waals surface area contributed by atoms with Crippen molar-refractivity contribution in [1.82, 2.24) is 5.32 Å². The van der Waals surface area contributed by atoms with E-state index >= 15 is 0 Å². The van der Waals surface area contributed by atoms with Crippen molar-refractivity contribution in [2.45, 2.75) is 25.7 Å². The molecule has 0 amide bonds. The van der Waals surface area contributed by atoms with Gasteiger partial charge in [0.25, 0.3) is 0 Å². The van der Waals surface area contributed by atoms with E-state index in [9.17, 15) is 13.2 Å². The highest BCUT2D eigenvalue weighted by Gasteiger charge is 2.30. The Morgan fingerprint density at radius 2 is 2.06 bits per heavy atom. The summed E-state index contributed by atoms with van der Waals surface area (Å²) in [5, 5.41) is 3.03. The molecule has 0 aliphatic rings. The van der Waals surface area contributed by atoms with Crippen molar-refractivity contribution in [1.29, 1.82) is 0 Å². The van der Waals surface area contributed by atoms with Gasteiger partial charge in [-0.05, 0) is 18.6 Å². The SMILES string of the molecule is CC(CCl)NCc1cccc(C(F)(F)F)c1. The van der Waals surface area contributed by atoms with Crippen LogP contribution >= 0.6 is 11.6 Å². The quantitative estimate of drug-likeness (QED) is 0.809. The minimum absolute atomic E-state index is 0.0798. The van der Waals surface area contributed by atoms with Crippen molar-refractivity contribution in [3.63, 3.8) is 0 Å². The van der Waals surface area contributed by atoms with Crippen molar-refractivity contribution < 1.29 is 13.2 Å². The first-order chi connectivity index (χ1) is 7.43. The Bertz CT molecular complexity index is 338. The Balaban J connectivity index is 2.68. The van der Waals surface area contributed by atoms with Crippen molar-refractivity contribution in [2.75, 3.05) is 5.88 Å². The highest BCUT2D eigenvalue weighted by atomic mass is 35.5. The van der Waals surface area contributed by atoms with Gasteiger partial charge in [-0.1, -0.05) is 18.2 Å². The Labute approximate surface area is 97.6 Å². The molecule has 90 valence electrons. The minimum Gasteiger partial charge on any atom is -0.309 e. The third-order valence-electron chi connectivity index (χ3n) is 2.14. The van der Waals surface area contributed by atoms with Crippen LogP contribution in [0.3, 0.4) is 0 Å². The summed E-state index contributed by atoms with van der Waals surface area (Å²) in [6.07, 6.45) is -4.28. The molecule has 1 rings (SSSR count). The number of benzene rings is 1. The monoisotopic (exact) mass is 251 g/mol. The highest BCUT2D eigenvalue weighted by Crippen LogP contribution is 2.29. The van der Waals surface area contributed by atoms with Crippen LogP contribution in [0.15, 0.2) is 24.3 Å². The normalized spacial score (nSPS) is 13.8. The van der Waals surface area contributed by atoms with E-state index in [4.69, 9.17) is 11.6 Å². The zero-order valence-corrected chi connectivity index (χ0v) is 9.57. The number of halogens is 4. The Morgan fingerprint density at radius 1 is 1.38 bits per heavy atom. The Hall–Kier alpha value is -0.740. The lowest BCUT2D eigenvalue weighted by atomic mass is 10.1. The van der Waals surface area contributed by atoms with Crippen LogP contribution in [-0.2, 0) is 12.7 Å². The summed E-state index contributed by atoms with van der Waals surface area (Å²) in [6.45, 7) is 2.26. The molecule has 0 spiro atoms. The molecule has 1 atom stereocenters. The van der Waals surface area contributed by atoms with Crippen molar-refractivity contribution >= 4 is 11.6 Å². The van der Waals surface area contributed by atoms with Crippen molar-refractivity contribution in [3.05, 3.63) is 35.4 Å². The molecule has 16 heavy (non-hydrogen) atoms. The second kappa shape index (κ2) is 5.55. The van der Waals surface area contributed by atoms with Crippen LogP contribution in [-0.4, -0.2) is 11.9 Å². The molecule has 0 aliphatic heterocycles. The fourth-order valence-corrected chi connectivity index (χ4v) is 1.31. The molecule has 1 aromatic rings. The first-order valence-corrected chi connectivity index (χ1v) is 5.42. The van der Waals surface area contributed by atoms with Gasteiger partial charge in [0.15, 0.2) is 0 Å². The van der Waals surface area contributed by atoms with Crippen LogP contribution in [0.25, 0.3) is 0 Å². The van der Waals surface area contributed by atoms with E-state index in [0.29, 0.717) is 18.0 Å². The van der Waals surface area contributed by atoms with Gasteiger partial charge in [0, 0.05) is 18.5 Å². The third kappa shape index (κ3) is 4.02. The van der Waals surface area contributed by atoms with Gasteiger partial charge in [-0.3, -0.25) is 0 Å². The van der Waals surface area contributed by atoms with E-state index in [-0.39, 0.29) is 6.04 Å². The van der Waals surface area contributed by atoms with E-state index in [0.717, 1.165) is 12.1 Å². The van der Waals surface area contributed by atoms with Crippen LogP contribution in [0.5, 0.6) is 0 Å². The summed E-state index contributed by atoms with van der Waals surface area (Å²) in [5.41, 5.74) is -0.0166. The van der Waals surface area contributed by atoms with E-state index < -0.39 is 11.7 Å². The molecule has 0 saturated heterocycles. The molecule has 1 nitrogen and oxygen atoms in total. The van der Waals surface area contributed by atoms with E-state index in [1.54, 1.807) is 6.07 Å². The molecular formula is C11H13ClF3N. The lowest BCUT2D eigenvalue weighted by Crippen LogP contribution is -2.26. The van der Waals surface area contributed by atoms with Gasteiger partial charge in [0.2, 0.25) is 0 Å². The summed E-state index contributed by atoms with van der Waals surface area (Å²) in [5.74, 6) is 0.430. The first-order valence-electron chi connectivity index (χ1n) is 4.89. The van der Waals surface area contributed by atoms with Crippen molar-refractivity contribution in [3.8, 4) is 0 Å². The molecule has 1 unspecified atom stereocenters.